The third-order valence-electron chi connectivity index (χ3n) is 4.61. The second-order valence-corrected chi connectivity index (χ2v) is 8.03. The number of rotatable bonds is 6. The van der Waals surface area contributed by atoms with Gasteiger partial charge in [-0.2, -0.15) is 14.6 Å². The van der Waals surface area contributed by atoms with E-state index in [1.807, 2.05) is 62.4 Å². The number of aromatic nitrogens is 3. The number of aryl methyl sites for hydroxylation is 1. The van der Waals surface area contributed by atoms with Gasteiger partial charge in [-0.3, -0.25) is 9.59 Å². The summed E-state index contributed by atoms with van der Waals surface area (Å²) in [6.07, 6.45) is 2.99. The van der Waals surface area contributed by atoms with E-state index in [2.05, 4.69) is 10.1 Å². The molecule has 0 radical (unpaired) electrons. The molecule has 2 aromatic carbocycles. The van der Waals surface area contributed by atoms with E-state index in [-0.39, 0.29) is 16.2 Å². The Morgan fingerprint density at radius 2 is 1.87 bits per heavy atom. The number of hydrogen-bond donors (Lipinski definition) is 0. The molecule has 0 saturated heterocycles. The molecule has 7 heteroatoms. The van der Waals surface area contributed by atoms with E-state index in [1.165, 1.54) is 4.52 Å². The van der Waals surface area contributed by atoms with Crippen molar-refractivity contribution in [3.8, 4) is 5.75 Å². The van der Waals surface area contributed by atoms with Gasteiger partial charge >= 0.3 is 0 Å². The first-order chi connectivity index (χ1) is 14.5. The van der Waals surface area contributed by atoms with Crippen LogP contribution in [0.15, 0.2) is 58.1 Å². The van der Waals surface area contributed by atoms with Gasteiger partial charge in [0, 0.05) is 12.0 Å². The highest BCUT2D eigenvalue weighted by molar-refractivity contribution is 7.15. The van der Waals surface area contributed by atoms with Gasteiger partial charge in [-0.25, -0.2) is 0 Å². The summed E-state index contributed by atoms with van der Waals surface area (Å²) in [5.41, 5.74) is 2.44. The van der Waals surface area contributed by atoms with Crippen LogP contribution in [0.3, 0.4) is 0 Å². The topological polar surface area (TPSA) is 73.6 Å². The number of ether oxygens (including phenoxy) is 1. The summed E-state index contributed by atoms with van der Waals surface area (Å²) in [4.78, 5) is 29.7. The lowest BCUT2D eigenvalue weighted by Gasteiger charge is -2.07. The second-order valence-electron chi connectivity index (χ2n) is 7.02. The van der Waals surface area contributed by atoms with Crippen molar-refractivity contribution < 1.29 is 4.74 Å². The summed E-state index contributed by atoms with van der Waals surface area (Å²) in [6.45, 7) is 4.64. The molecule has 0 atom stereocenters. The van der Waals surface area contributed by atoms with Crippen molar-refractivity contribution in [3.63, 3.8) is 0 Å². The van der Waals surface area contributed by atoms with Gasteiger partial charge in [0.1, 0.15) is 11.4 Å². The standard InChI is InChI=1S/C23H21N3O3S/c1-3-12-29-19-7-5-4-6-17(19)14-20-22(28)26-23(30-20)24-21(27)18(25-26)13-16-10-8-15(2)9-11-16/h4-11,14H,3,12-13H2,1-2H3/b20-14-. The van der Waals surface area contributed by atoms with E-state index in [0.717, 1.165) is 34.4 Å². The molecule has 4 aromatic rings. The van der Waals surface area contributed by atoms with Crippen molar-refractivity contribution in [2.45, 2.75) is 26.7 Å². The molecular weight excluding hydrogens is 398 g/mol. The van der Waals surface area contributed by atoms with E-state index < -0.39 is 5.56 Å². The predicted octanol–water partition coefficient (Wildman–Crippen LogP) is 2.75. The average Bonchev–Trinajstić information content (AvgIpc) is 3.04. The zero-order valence-electron chi connectivity index (χ0n) is 16.8. The van der Waals surface area contributed by atoms with Gasteiger partial charge in [0.05, 0.1) is 11.1 Å². The zero-order valence-corrected chi connectivity index (χ0v) is 17.6. The van der Waals surface area contributed by atoms with Crippen LogP contribution in [0.5, 0.6) is 5.75 Å². The van der Waals surface area contributed by atoms with Crippen molar-refractivity contribution in [3.05, 3.63) is 96.2 Å². The molecule has 0 N–H and O–H groups in total. The first-order valence-electron chi connectivity index (χ1n) is 9.77. The fraction of sp³-hybridized carbons (Fsp3) is 0.217. The first-order valence-corrected chi connectivity index (χ1v) is 10.6. The zero-order chi connectivity index (χ0) is 21.1. The molecule has 152 valence electrons. The summed E-state index contributed by atoms with van der Waals surface area (Å²) in [6, 6.07) is 15.4. The summed E-state index contributed by atoms with van der Waals surface area (Å²) in [5.74, 6) is 0.715. The first kappa shape index (κ1) is 20.0. The highest BCUT2D eigenvalue weighted by atomic mass is 32.1. The normalized spacial score (nSPS) is 11.9. The number of fused-ring (bicyclic) bond motifs is 1. The van der Waals surface area contributed by atoms with Crippen molar-refractivity contribution in [1.29, 1.82) is 0 Å². The minimum absolute atomic E-state index is 0.254. The number of thiazole rings is 1. The highest BCUT2D eigenvalue weighted by Crippen LogP contribution is 2.19. The predicted molar refractivity (Wildman–Crippen MR) is 118 cm³/mol. The Morgan fingerprint density at radius 1 is 1.10 bits per heavy atom. The average molecular weight is 420 g/mol. The molecule has 0 bridgehead atoms. The molecule has 0 unspecified atom stereocenters. The third kappa shape index (κ3) is 4.16. The largest absolute Gasteiger partial charge is 0.493 e. The van der Waals surface area contributed by atoms with Gasteiger partial charge in [0.15, 0.2) is 0 Å². The van der Waals surface area contributed by atoms with Crippen LogP contribution in [0.25, 0.3) is 11.0 Å². The Kier molecular flexibility index (Phi) is 5.72. The maximum absolute atomic E-state index is 12.9. The number of hydrogen-bond acceptors (Lipinski definition) is 6. The third-order valence-corrected chi connectivity index (χ3v) is 5.57. The molecule has 2 aromatic heterocycles. The smallest absolute Gasteiger partial charge is 0.296 e. The van der Waals surface area contributed by atoms with Gasteiger partial charge in [-0.1, -0.05) is 66.3 Å². The minimum Gasteiger partial charge on any atom is -0.493 e. The molecule has 30 heavy (non-hydrogen) atoms. The highest BCUT2D eigenvalue weighted by Gasteiger charge is 2.12. The lowest BCUT2D eigenvalue weighted by molar-refractivity contribution is 0.317. The Morgan fingerprint density at radius 3 is 2.63 bits per heavy atom. The molecule has 0 amide bonds. The Bertz CT molecular complexity index is 1360. The van der Waals surface area contributed by atoms with Gasteiger partial charge in [-0.15, -0.1) is 0 Å². The summed E-state index contributed by atoms with van der Waals surface area (Å²) >= 11 is 1.15. The van der Waals surface area contributed by atoms with Crippen molar-refractivity contribution in [2.75, 3.05) is 6.61 Å². The van der Waals surface area contributed by atoms with Crippen LogP contribution in [-0.4, -0.2) is 21.2 Å². The van der Waals surface area contributed by atoms with Crippen LogP contribution in [0.1, 0.15) is 35.7 Å². The van der Waals surface area contributed by atoms with E-state index in [0.29, 0.717) is 23.3 Å². The number of para-hydroxylation sites is 1. The lowest BCUT2D eigenvalue weighted by Crippen LogP contribution is -2.28. The molecule has 0 aliphatic rings. The van der Waals surface area contributed by atoms with Gasteiger partial charge in [-0.05, 0) is 31.1 Å². The molecule has 0 aliphatic carbocycles. The van der Waals surface area contributed by atoms with E-state index in [1.54, 1.807) is 6.08 Å². The van der Waals surface area contributed by atoms with Crippen LogP contribution < -0.4 is 20.4 Å². The molecule has 4 rings (SSSR count). The summed E-state index contributed by atoms with van der Waals surface area (Å²) in [7, 11) is 0. The molecule has 0 aliphatic heterocycles. The fourth-order valence-corrected chi connectivity index (χ4v) is 3.93. The van der Waals surface area contributed by atoms with Crippen LogP contribution in [0, 0.1) is 6.92 Å². The van der Waals surface area contributed by atoms with Crippen molar-refractivity contribution in [1.82, 2.24) is 14.6 Å². The van der Waals surface area contributed by atoms with Crippen LogP contribution in [-0.2, 0) is 6.42 Å². The van der Waals surface area contributed by atoms with Gasteiger partial charge in [0.25, 0.3) is 11.1 Å². The van der Waals surface area contributed by atoms with Crippen molar-refractivity contribution in [2.24, 2.45) is 0 Å². The molecule has 0 fully saturated rings. The SMILES string of the molecule is CCCOc1ccccc1/C=c1\sc2nc(=O)c(Cc3ccc(C)cc3)nn2c1=O. The second kappa shape index (κ2) is 8.59. The van der Waals surface area contributed by atoms with Gasteiger partial charge in [0.2, 0.25) is 4.96 Å². The maximum Gasteiger partial charge on any atom is 0.296 e. The Hall–Kier alpha value is -3.32. The van der Waals surface area contributed by atoms with E-state index in [9.17, 15) is 9.59 Å². The molecule has 0 spiro atoms. The van der Waals surface area contributed by atoms with Crippen LogP contribution >= 0.6 is 11.3 Å². The Labute approximate surface area is 177 Å². The summed E-state index contributed by atoms with van der Waals surface area (Å²) < 4.78 is 7.44. The maximum atomic E-state index is 12.9. The Balaban J connectivity index is 1.76. The van der Waals surface area contributed by atoms with Crippen LogP contribution in [0.4, 0.5) is 0 Å². The van der Waals surface area contributed by atoms with Gasteiger partial charge < -0.3 is 4.74 Å². The summed E-state index contributed by atoms with van der Waals surface area (Å²) in [5, 5.41) is 4.31. The fourth-order valence-electron chi connectivity index (χ4n) is 3.04. The molecule has 2 heterocycles. The minimum atomic E-state index is -0.407. The van der Waals surface area contributed by atoms with E-state index in [4.69, 9.17) is 4.74 Å². The quantitative estimate of drug-likeness (QED) is 0.481. The van der Waals surface area contributed by atoms with Crippen LogP contribution in [0.2, 0.25) is 0 Å². The van der Waals surface area contributed by atoms with Crippen molar-refractivity contribution >= 4 is 22.4 Å². The molecule has 0 saturated carbocycles. The number of benzene rings is 2. The molecule has 6 nitrogen and oxygen atoms in total. The molecular formula is C23H21N3O3S. The van der Waals surface area contributed by atoms with E-state index >= 15 is 0 Å². The monoisotopic (exact) mass is 419 g/mol. The number of nitrogens with zero attached hydrogens (tertiary/aromatic N) is 3. The lowest BCUT2D eigenvalue weighted by atomic mass is 10.1.